The van der Waals surface area contributed by atoms with Gasteiger partial charge in [-0.25, -0.2) is 9.66 Å². The van der Waals surface area contributed by atoms with Gasteiger partial charge in [-0.15, -0.1) is 17.0 Å². The fourth-order valence-corrected chi connectivity index (χ4v) is 4.10. The molecule has 7 heteroatoms. The maximum Gasteiger partial charge on any atom is 0.193 e. The van der Waals surface area contributed by atoms with Gasteiger partial charge in [0.15, 0.2) is 5.16 Å². The van der Waals surface area contributed by atoms with Crippen LogP contribution in [0.3, 0.4) is 0 Å². The molecule has 0 unspecified atom stereocenters. The molecule has 0 saturated heterocycles. The molecule has 0 radical (unpaired) electrons. The number of benzene rings is 2. The highest BCUT2D eigenvalue weighted by Gasteiger charge is 2.21. The maximum atomic E-state index is 5.22. The first-order valence-corrected chi connectivity index (χ1v) is 9.46. The van der Waals surface area contributed by atoms with Gasteiger partial charge in [0.25, 0.3) is 0 Å². The molecule has 0 spiro atoms. The summed E-state index contributed by atoms with van der Waals surface area (Å²) in [4.78, 5) is 4.76. The largest absolute Gasteiger partial charge is 0.497 e. The molecular weight excluding hydrogens is 478 g/mol. The topological polar surface area (TPSA) is 39.1 Å². The summed E-state index contributed by atoms with van der Waals surface area (Å²) in [5, 5.41) is 2.98. The molecule has 1 aromatic heterocycles. The van der Waals surface area contributed by atoms with Crippen LogP contribution < -0.4 is 10.2 Å². The van der Waals surface area contributed by atoms with Crippen molar-refractivity contribution in [3.63, 3.8) is 0 Å². The Morgan fingerprint density at radius 2 is 1.69 bits per heavy atom. The summed E-state index contributed by atoms with van der Waals surface area (Å²) >= 11 is 5.29. The average Bonchev–Trinajstić information content (AvgIpc) is 2.99. The molecule has 0 amide bonds. The van der Waals surface area contributed by atoms with E-state index in [1.165, 1.54) is 5.56 Å². The van der Waals surface area contributed by atoms with Crippen molar-refractivity contribution in [1.82, 2.24) is 9.66 Å². The van der Waals surface area contributed by atoms with Gasteiger partial charge in [0.05, 0.1) is 12.8 Å². The Balaban J connectivity index is 0.00000196. The Hall–Kier alpha value is -1.70. The van der Waals surface area contributed by atoms with Crippen LogP contribution in [0.25, 0.3) is 17.0 Å². The lowest BCUT2D eigenvalue weighted by atomic mass is 10.1. The first kappa shape index (κ1) is 19.1. The Labute approximate surface area is 175 Å². The summed E-state index contributed by atoms with van der Waals surface area (Å²) in [5.41, 5.74) is 8.80. The molecule has 26 heavy (non-hydrogen) atoms. The number of thioether (sulfide) groups is 1. The third kappa shape index (κ3) is 3.56. The standard InChI is InChI=1S/C19H16BrN3OS.BrH/c1-12-3-5-14(6-4-12)17-18(20)23-19(21-17)25-11-16(22-23)13-7-9-15(24-2)10-8-13;/h3-11,22H,1-2H3;1H. The fourth-order valence-electron chi connectivity index (χ4n) is 2.61. The lowest BCUT2D eigenvalue weighted by Gasteiger charge is -2.19. The van der Waals surface area contributed by atoms with Crippen molar-refractivity contribution in [3.8, 4) is 17.0 Å². The smallest absolute Gasteiger partial charge is 0.193 e. The molecule has 1 aliphatic heterocycles. The Morgan fingerprint density at radius 3 is 2.35 bits per heavy atom. The number of aromatic nitrogens is 2. The molecule has 0 aliphatic carbocycles. The van der Waals surface area contributed by atoms with Crippen LogP contribution >= 0.6 is 44.7 Å². The third-order valence-corrected chi connectivity index (χ3v) is 5.60. The summed E-state index contributed by atoms with van der Waals surface area (Å²) in [6, 6.07) is 16.4. The van der Waals surface area contributed by atoms with Gasteiger partial charge in [-0.1, -0.05) is 41.6 Å². The van der Waals surface area contributed by atoms with Crippen LogP contribution in [0.15, 0.2) is 63.7 Å². The predicted molar refractivity (Wildman–Crippen MR) is 117 cm³/mol. The fraction of sp³-hybridized carbons (Fsp3) is 0.105. The molecule has 4 nitrogen and oxygen atoms in total. The number of nitrogens with zero attached hydrogens (tertiary/aromatic N) is 2. The minimum atomic E-state index is 0. The maximum absolute atomic E-state index is 5.22. The summed E-state index contributed by atoms with van der Waals surface area (Å²) < 4.78 is 8.11. The lowest BCUT2D eigenvalue weighted by molar-refractivity contribution is 0.415. The van der Waals surface area contributed by atoms with E-state index in [0.29, 0.717) is 0 Å². The molecule has 2 heterocycles. The Morgan fingerprint density at radius 1 is 1.04 bits per heavy atom. The van der Waals surface area contributed by atoms with Crippen LogP contribution in [0.4, 0.5) is 0 Å². The minimum absolute atomic E-state index is 0. The monoisotopic (exact) mass is 493 g/mol. The lowest BCUT2D eigenvalue weighted by Crippen LogP contribution is -2.17. The molecular formula is C19H17Br2N3OS. The van der Waals surface area contributed by atoms with Crippen LogP contribution in [-0.4, -0.2) is 16.8 Å². The highest BCUT2D eigenvalue weighted by atomic mass is 79.9. The third-order valence-electron chi connectivity index (χ3n) is 4.03. The average molecular weight is 495 g/mol. The first-order chi connectivity index (χ1) is 12.2. The van der Waals surface area contributed by atoms with Crippen LogP contribution in [0, 0.1) is 6.92 Å². The minimum Gasteiger partial charge on any atom is -0.497 e. The van der Waals surface area contributed by atoms with Gasteiger partial charge >= 0.3 is 0 Å². The first-order valence-electron chi connectivity index (χ1n) is 7.79. The van der Waals surface area contributed by atoms with Crippen LogP contribution in [0.1, 0.15) is 11.1 Å². The Bertz CT molecular complexity index is 950. The van der Waals surface area contributed by atoms with Crippen LogP contribution in [0.2, 0.25) is 0 Å². The second-order valence-electron chi connectivity index (χ2n) is 5.72. The van der Waals surface area contributed by atoms with Crippen LogP contribution in [-0.2, 0) is 0 Å². The summed E-state index contributed by atoms with van der Waals surface area (Å²) in [7, 11) is 1.67. The normalized spacial score (nSPS) is 12.5. The van der Waals surface area contributed by atoms with Gasteiger partial charge in [0.2, 0.25) is 0 Å². The van der Waals surface area contributed by atoms with E-state index in [2.05, 4.69) is 58.0 Å². The van der Waals surface area contributed by atoms with Gasteiger partial charge in [-0.2, -0.15) is 0 Å². The number of methoxy groups -OCH3 is 1. The molecule has 0 bridgehead atoms. The van der Waals surface area contributed by atoms with Gasteiger partial charge in [0, 0.05) is 16.5 Å². The van der Waals surface area contributed by atoms with E-state index >= 15 is 0 Å². The van der Waals surface area contributed by atoms with Crippen molar-refractivity contribution in [1.29, 1.82) is 0 Å². The molecule has 2 aromatic carbocycles. The SMILES string of the molecule is Br.COc1ccc(C2=CSc3nc(-c4ccc(C)cc4)c(Br)n3N2)cc1. The zero-order valence-electron chi connectivity index (χ0n) is 14.2. The molecule has 1 aliphatic rings. The van der Waals surface area contributed by atoms with E-state index in [0.717, 1.165) is 38.0 Å². The van der Waals surface area contributed by atoms with Gasteiger partial charge in [-0.3, -0.25) is 5.43 Å². The number of imidazole rings is 1. The molecule has 0 saturated carbocycles. The van der Waals surface area contributed by atoms with Crippen molar-refractivity contribution in [2.24, 2.45) is 0 Å². The van der Waals surface area contributed by atoms with E-state index in [1.54, 1.807) is 18.9 Å². The van der Waals surface area contributed by atoms with Gasteiger partial charge < -0.3 is 4.74 Å². The molecule has 0 fully saturated rings. The number of ether oxygens (including phenoxy) is 1. The highest BCUT2D eigenvalue weighted by Crippen LogP contribution is 2.36. The number of fused-ring (bicyclic) bond motifs is 1. The number of nitrogens with one attached hydrogen (secondary N) is 1. The van der Waals surface area contributed by atoms with Crippen molar-refractivity contribution in [3.05, 3.63) is 69.7 Å². The summed E-state index contributed by atoms with van der Waals surface area (Å²) in [6.07, 6.45) is 0. The van der Waals surface area contributed by atoms with Gasteiger partial charge in [0.1, 0.15) is 16.0 Å². The van der Waals surface area contributed by atoms with E-state index in [9.17, 15) is 0 Å². The zero-order valence-corrected chi connectivity index (χ0v) is 18.3. The number of rotatable bonds is 3. The molecule has 3 aromatic rings. The van der Waals surface area contributed by atoms with E-state index < -0.39 is 0 Å². The van der Waals surface area contributed by atoms with Crippen molar-refractivity contribution >= 4 is 50.4 Å². The number of halogens is 2. The van der Waals surface area contributed by atoms with Crippen molar-refractivity contribution in [2.75, 3.05) is 12.5 Å². The molecule has 0 atom stereocenters. The number of aryl methyl sites for hydroxylation is 1. The van der Waals surface area contributed by atoms with Crippen LogP contribution in [0.5, 0.6) is 5.75 Å². The predicted octanol–water partition coefficient (Wildman–Crippen LogP) is 5.86. The van der Waals surface area contributed by atoms with E-state index in [-0.39, 0.29) is 17.0 Å². The molecule has 134 valence electrons. The van der Waals surface area contributed by atoms with E-state index in [1.807, 2.05) is 28.9 Å². The zero-order chi connectivity index (χ0) is 17.4. The molecule has 1 N–H and O–H groups in total. The quantitative estimate of drug-likeness (QED) is 0.495. The van der Waals surface area contributed by atoms with Gasteiger partial charge in [-0.05, 0) is 47.1 Å². The summed E-state index contributed by atoms with van der Waals surface area (Å²) in [5.74, 6) is 0.846. The summed E-state index contributed by atoms with van der Waals surface area (Å²) in [6.45, 7) is 2.08. The van der Waals surface area contributed by atoms with Crippen molar-refractivity contribution in [2.45, 2.75) is 12.1 Å². The van der Waals surface area contributed by atoms with Crippen molar-refractivity contribution < 1.29 is 4.74 Å². The second-order valence-corrected chi connectivity index (χ2v) is 7.31. The highest BCUT2D eigenvalue weighted by molar-refractivity contribution is 9.10. The number of hydrogen-bond acceptors (Lipinski definition) is 4. The Kier molecular flexibility index (Phi) is 5.79. The molecule has 4 rings (SSSR count). The number of hydrogen-bond donors (Lipinski definition) is 1. The second kappa shape index (κ2) is 7.90. The van der Waals surface area contributed by atoms with E-state index in [4.69, 9.17) is 9.72 Å².